The predicted octanol–water partition coefficient (Wildman–Crippen LogP) is -4.96. The molecule has 256 valence electrons. The van der Waals surface area contributed by atoms with Gasteiger partial charge >= 0.3 is 0 Å². The van der Waals surface area contributed by atoms with Gasteiger partial charge in [-0.15, -0.1) is 0 Å². The summed E-state index contributed by atoms with van der Waals surface area (Å²) in [5.74, 6) is -0.442. The first-order valence-electron chi connectivity index (χ1n) is 14.9. The number of phenols is 1. The molecule has 2 aliphatic heterocycles. The van der Waals surface area contributed by atoms with E-state index in [0.717, 1.165) is 5.39 Å². The van der Waals surface area contributed by atoms with E-state index in [1.165, 1.54) is 6.07 Å². The van der Waals surface area contributed by atoms with Crippen molar-refractivity contribution >= 4 is 16.7 Å². The Hall–Kier alpha value is -2.59. The van der Waals surface area contributed by atoms with Crippen LogP contribution in [0.15, 0.2) is 36.4 Å². The van der Waals surface area contributed by atoms with Crippen molar-refractivity contribution in [3.63, 3.8) is 0 Å². The van der Waals surface area contributed by atoms with E-state index in [2.05, 4.69) is 5.32 Å². The maximum atomic E-state index is 12.9. The molecular formula is C29H42N4O13. The molecule has 1 saturated carbocycles. The summed E-state index contributed by atoms with van der Waals surface area (Å²) in [5, 5.41) is 86.9. The summed E-state index contributed by atoms with van der Waals surface area (Å²) in [7, 11) is 0. The molecule has 1 amide bonds. The lowest BCUT2D eigenvalue weighted by molar-refractivity contribution is -0.332. The van der Waals surface area contributed by atoms with Gasteiger partial charge in [0, 0.05) is 24.2 Å². The standard InChI is InChI=1S/C29H42N4O13/c30-14-7-15(31)26(24(41)25(14)45-28-21(38)18(32)19(36)17(9-34)44-28)46-29-23(40)22(39)20(37)16(43-29)8-33-27(42)12-2-1-11-6-13(35)4-3-10(11)5-12/h1-6,14-26,28-29,34-41H,7-9,30-32H2,(H,33,42)/t14?,15?,16?,17-,18-,19?,20-,21-,22+,23?,24-,25-,26?,28?,29-/m1/s1. The molecule has 2 saturated heterocycles. The first-order valence-corrected chi connectivity index (χ1v) is 14.9. The number of fused-ring (bicyclic) bond motifs is 1. The van der Waals surface area contributed by atoms with Gasteiger partial charge in [-0.3, -0.25) is 4.79 Å². The zero-order valence-electron chi connectivity index (χ0n) is 24.6. The molecule has 2 aromatic carbocycles. The van der Waals surface area contributed by atoms with Crippen molar-refractivity contribution in [3.05, 3.63) is 42.0 Å². The lowest BCUT2D eigenvalue weighted by Crippen LogP contribution is -2.68. The van der Waals surface area contributed by atoms with E-state index in [0.29, 0.717) is 5.39 Å². The van der Waals surface area contributed by atoms with E-state index in [4.69, 9.17) is 36.1 Å². The number of nitrogens with one attached hydrogen (secondary N) is 1. The molecule has 0 spiro atoms. The van der Waals surface area contributed by atoms with Crippen LogP contribution in [0.5, 0.6) is 5.75 Å². The fraction of sp³-hybridized carbons (Fsp3) is 0.621. The van der Waals surface area contributed by atoms with Crippen LogP contribution in [0.25, 0.3) is 10.8 Å². The Labute approximate surface area is 263 Å². The molecule has 3 fully saturated rings. The summed E-state index contributed by atoms with van der Waals surface area (Å²) in [5.41, 5.74) is 18.6. The number of carbonyl (C=O) groups excluding carboxylic acids is 1. The van der Waals surface area contributed by atoms with Gasteiger partial charge in [0.25, 0.3) is 5.91 Å². The number of phenolic OH excluding ortho intramolecular Hbond substituents is 1. The molecule has 2 heterocycles. The monoisotopic (exact) mass is 654 g/mol. The molecule has 3 aliphatic rings. The molecule has 7 unspecified atom stereocenters. The normalized spacial score (nSPS) is 41.7. The Morgan fingerprint density at radius 3 is 2.00 bits per heavy atom. The Kier molecular flexibility index (Phi) is 10.8. The number of hydrogen-bond donors (Lipinski definition) is 12. The van der Waals surface area contributed by atoms with Gasteiger partial charge in [0.2, 0.25) is 0 Å². The van der Waals surface area contributed by atoms with Crippen molar-refractivity contribution in [2.75, 3.05) is 13.2 Å². The molecule has 1 aliphatic carbocycles. The third-order valence-electron chi connectivity index (χ3n) is 8.80. The summed E-state index contributed by atoms with van der Waals surface area (Å²) in [6.45, 7) is -0.931. The number of aliphatic hydroxyl groups excluding tert-OH is 7. The van der Waals surface area contributed by atoms with E-state index in [1.54, 1.807) is 30.3 Å². The Morgan fingerprint density at radius 1 is 0.761 bits per heavy atom. The van der Waals surface area contributed by atoms with Gasteiger partial charge in [-0.2, -0.15) is 0 Å². The number of carbonyl (C=O) groups is 1. The number of amides is 1. The maximum absolute atomic E-state index is 12.9. The van der Waals surface area contributed by atoms with Crippen LogP contribution in [-0.2, 0) is 18.9 Å². The first kappa shape index (κ1) is 34.7. The van der Waals surface area contributed by atoms with Crippen molar-refractivity contribution in [1.29, 1.82) is 0 Å². The van der Waals surface area contributed by atoms with Gasteiger partial charge in [-0.05, 0) is 41.5 Å². The zero-order valence-corrected chi connectivity index (χ0v) is 24.6. The van der Waals surface area contributed by atoms with Gasteiger partial charge in [0.15, 0.2) is 12.6 Å². The molecular weight excluding hydrogens is 612 g/mol. The van der Waals surface area contributed by atoms with Crippen molar-refractivity contribution in [1.82, 2.24) is 5.32 Å². The van der Waals surface area contributed by atoms with Crippen LogP contribution in [0.3, 0.4) is 0 Å². The Bertz CT molecular complexity index is 1360. The molecule has 17 heteroatoms. The fourth-order valence-electron chi connectivity index (χ4n) is 6.04. The minimum absolute atomic E-state index is 0.0200. The summed E-state index contributed by atoms with van der Waals surface area (Å²) in [4.78, 5) is 12.9. The number of nitrogens with two attached hydrogens (primary N) is 3. The molecule has 15 atom stereocenters. The van der Waals surface area contributed by atoms with E-state index in [-0.39, 0.29) is 24.3 Å². The summed E-state index contributed by atoms with van der Waals surface area (Å²) in [6, 6.07) is 6.44. The first-order chi connectivity index (χ1) is 21.8. The quantitative estimate of drug-likeness (QED) is 0.127. The largest absolute Gasteiger partial charge is 0.508 e. The second kappa shape index (κ2) is 14.3. The second-order valence-electron chi connectivity index (χ2n) is 12.0. The zero-order chi connectivity index (χ0) is 33.4. The number of aliphatic hydroxyl groups is 7. The second-order valence-corrected chi connectivity index (χ2v) is 12.0. The molecule has 17 nitrogen and oxygen atoms in total. The van der Waals surface area contributed by atoms with Gasteiger partial charge < -0.3 is 82.3 Å². The van der Waals surface area contributed by atoms with Gasteiger partial charge in [-0.1, -0.05) is 12.1 Å². The van der Waals surface area contributed by atoms with E-state index in [1.807, 2.05) is 0 Å². The average Bonchev–Trinajstić information content (AvgIpc) is 3.03. The molecule has 46 heavy (non-hydrogen) atoms. The Balaban J connectivity index is 1.24. The van der Waals surface area contributed by atoms with Crippen LogP contribution in [0.2, 0.25) is 0 Å². The molecule has 0 radical (unpaired) electrons. The highest BCUT2D eigenvalue weighted by Gasteiger charge is 2.51. The number of aromatic hydroxyl groups is 1. The van der Waals surface area contributed by atoms with Crippen LogP contribution < -0.4 is 22.5 Å². The molecule has 15 N–H and O–H groups in total. The van der Waals surface area contributed by atoms with Gasteiger partial charge in [-0.25, -0.2) is 0 Å². The average molecular weight is 655 g/mol. The number of ether oxygens (including phenoxy) is 4. The highest BCUT2D eigenvalue weighted by Crippen LogP contribution is 2.31. The minimum Gasteiger partial charge on any atom is -0.508 e. The third kappa shape index (κ3) is 6.98. The number of rotatable bonds is 8. The van der Waals surface area contributed by atoms with Crippen LogP contribution in [0.4, 0.5) is 0 Å². The van der Waals surface area contributed by atoms with Crippen molar-refractivity contribution in [3.8, 4) is 5.75 Å². The molecule has 5 rings (SSSR count). The van der Waals surface area contributed by atoms with Crippen LogP contribution >= 0.6 is 0 Å². The summed E-state index contributed by atoms with van der Waals surface area (Å²) >= 11 is 0. The van der Waals surface area contributed by atoms with Gasteiger partial charge in [0.1, 0.15) is 66.8 Å². The molecule has 2 aromatic rings. The van der Waals surface area contributed by atoms with Gasteiger partial charge in [0.05, 0.1) is 12.6 Å². The highest BCUT2D eigenvalue weighted by molar-refractivity contribution is 5.98. The Morgan fingerprint density at radius 2 is 1.35 bits per heavy atom. The minimum atomic E-state index is -1.79. The smallest absolute Gasteiger partial charge is 0.251 e. The highest BCUT2D eigenvalue weighted by atomic mass is 16.7. The molecule has 0 bridgehead atoms. The summed E-state index contributed by atoms with van der Waals surface area (Å²) < 4.78 is 22.8. The van der Waals surface area contributed by atoms with Crippen molar-refractivity contribution in [2.45, 2.75) is 98.2 Å². The third-order valence-corrected chi connectivity index (χ3v) is 8.80. The SMILES string of the molecule is NC1CC(N)[C@@H](OC2O[C@H](CO)C(O)[C@@H](N)[C@H]2O)[C@@H](O)C1O[C@H]1OC(CNC(=O)c2ccc3cc(O)ccc3c2)[C@@H](O)[C@H](O)C1O. The van der Waals surface area contributed by atoms with E-state index >= 15 is 0 Å². The lowest BCUT2D eigenvalue weighted by Gasteiger charge is -2.48. The fourth-order valence-corrected chi connectivity index (χ4v) is 6.04. The predicted molar refractivity (Wildman–Crippen MR) is 157 cm³/mol. The molecule has 0 aromatic heterocycles. The lowest BCUT2D eigenvalue weighted by atomic mass is 9.84. The maximum Gasteiger partial charge on any atom is 0.251 e. The van der Waals surface area contributed by atoms with Crippen molar-refractivity contribution < 1.29 is 64.6 Å². The van der Waals surface area contributed by atoms with E-state index < -0.39 is 104 Å². The number of benzene rings is 2. The van der Waals surface area contributed by atoms with Crippen LogP contribution in [0, 0.1) is 0 Å². The summed E-state index contributed by atoms with van der Waals surface area (Å²) in [6.07, 6.45) is -17.9. The topological polar surface area (TPSA) is 306 Å². The number of hydrogen-bond acceptors (Lipinski definition) is 16. The van der Waals surface area contributed by atoms with Crippen molar-refractivity contribution in [2.24, 2.45) is 17.2 Å². The van der Waals surface area contributed by atoms with E-state index in [9.17, 15) is 45.6 Å². The van der Waals surface area contributed by atoms with Crippen LogP contribution in [-0.4, -0.2) is 152 Å². The van der Waals surface area contributed by atoms with Crippen LogP contribution in [0.1, 0.15) is 16.8 Å².